The first kappa shape index (κ1) is 11.5. The fourth-order valence-corrected chi connectivity index (χ4v) is 3.81. The second-order valence-corrected chi connectivity index (χ2v) is 5.76. The van der Waals surface area contributed by atoms with Crippen molar-refractivity contribution in [2.45, 2.75) is 31.7 Å². The number of nitrogens with zero attached hydrogens (tertiary/aromatic N) is 1. The Morgan fingerprint density at radius 2 is 2.00 bits per heavy atom. The SMILES string of the molecule is NCC1CNCCN1C(=O)C1C2CCCCC21. The second-order valence-electron chi connectivity index (χ2n) is 5.76. The first-order chi connectivity index (χ1) is 8.33. The molecule has 96 valence electrons. The molecule has 3 atom stereocenters. The number of fused-ring (bicyclic) bond motifs is 1. The maximum atomic E-state index is 12.5. The summed E-state index contributed by atoms with van der Waals surface area (Å²) in [6, 6.07) is 0.221. The monoisotopic (exact) mass is 237 g/mol. The predicted molar refractivity (Wildman–Crippen MR) is 66.4 cm³/mol. The number of rotatable bonds is 2. The highest BCUT2D eigenvalue weighted by atomic mass is 16.2. The fourth-order valence-electron chi connectivity index (χ4n) is 3.81. The Labute approximate surface area is 103 Å². The molecule has 4 nitrogen and oxygen atoms in total. The molecule has 3 aliphatic rings. The van der Waals surface area contributed by atoms with Gasteiger partial charge in [-0.2, -0.15) is 0 Å². The van der Waals surface area contributed by atoms with Crippen LogP contribution >= 0.6 is 0 Å². The summed E-state index contributed by atoms with van der Waals surface area (Å²) < 4.78 is 0. The van der Waals surface area contributed by atoms with Crippen LogP contribution in [0.1, 0.15) is 25.7 Å². The third kappa shape index (κ3) is 1.97. The molecule has 0 aromatic carbocycles. The standard InChI is InChI=1S/C13H23N3O/c14-7-9-8-15-5-6-16(9)13(17)12-10-3-1-2-4-11(10)12/h9-12,15H,1-8,14H2. The van der Waals surface area contributed by atoms with E-state index in [0.29, 0.717) is 30.2 Å². The molecule has 1 heterocycles. The van der Waals surface area contributed by atoms with Crippen molar-refractivity contribution in [2.24, 2.45) is 23.5 Å². The highest BCUT2D eigenvalue weighted by Gasteiger charge is 2.56. The Kier molecular flexibility index (Phi) is 3.09. The van der Waals surface area contributed by atoms with E-state index in [4.69, 9.17) is 5.73 Å². The van der Waals surface area contributed by atoms with Gasteiger partial charge in [0.1, 0.15) is 0 Å². The summed E-state index contributed by atoms with van der Waals surface area (Å²) in [5.74, 6) is 2.18. The van der Waals surface area contributed by atoms with E-state index in [1.807, 2.05) is 0 Å². The lowest BCUT2D eigenvalue weighted by Crippen LogP contribution is -2.57. The molecule has 1 amide bonds. The summed E-state index contributed by atoms with van der Waals surface area (Å²) in [6.45, 7) is 3.21. The minimum absolute atomic E-state index is 0.221. The van der Waals surface area contributed by atoms with Crippen molar-refractivity contribution in [1.82, 2.24) is 10.2 Å². The third-order valence-corrected chi connectivity index (χ3v) is 4.85. The van der Waals surface area contributed by atoms with E-state index in [9.17, 15) is 4.79 Å². The van der Waals surface area contributed by atoms with Crippen LogP contribution in [-0.2, 0) is 4.79 Å². The summed E-state index contributed by atoms with van der Waals surface area (Å²) in [4.78, 5) is 14.6. The molecule has 3 N–H and O–H groups in total. The van der Waals surface area contributed by atoms with Crippen LogP contribution in [0, 0.1) is 17.8 Å². The molecule has 17 heavy (non-hydrogen) atoms. The van der Waals surface area contributed by atoms with E-state index in [0.717, 1.165) is 19.6 Å². The Hall–Kier alpha value is -0.610. The zero-order valence-electron chi connectivity index (χ0n) is 10.4. The zero-order valence-corrected chi connectivity index (χ0v) is 10.4. The van der Waals surface area contributed by atoms with E-state index in [2.05, 4.69) is 10.2 Å². The number of piperazine rings is 1. The highest BCUT2D eigenvalue weighted by molar-refractivity contribution is 5.83. The summed E-state index contributed by atoms with van der Waals surface area (Å²) in [5.41, 5.74) is 5.76. The third-order valence-electron chi connectivity index (χ3n) is 4.85. The van der Waals surface area contributed by atoms with Gasteiger partial charge in [-0.05, 0) is 24.7 Å². The molecular weight excluding hydrogens is 214 g/mol. The number of nitrogens with one attached hydrogen (secondary N) is 1. The summed E-state index contributed by atoms with van der Waals surface area (Å²) in [6.07, 6.45) is 5.21. The molecule has 4 heteroatoms. The molecule has 2 saturated carbocycles. The predicted octanol–water partition coefficient (Wildman–Crippen LogP) is 0.182. The van der Waals surface area contributed by atoms with E-state index in [1.165, 1.54) is 25.7 Å². The summed E-state index contributed by atoms with van der Waals surface area (Å²) in [5, 5.41) is 3.32. The number of amides is 1. The first-order valence-electron chi connectivity index (χ1n) is 7.04. The van der Waals surface area contributed by atoms with Crippen LogP contribution < -0.4 is 11.1 Å². The van der Waals surface area contributed by atoms with E-state index in [-0.39, 0.29) is 6.04 Å². The lowest BCUT2D eigenvalue weighted by atomic mass is 10.0. The van der Waals surface area contributed by atoms with Crippen LogP contribution in [0.25, 0.3) is 0 Å². The molecule has 0 aromatic heterocycles. The van der Waals surface area contributed by atoms with Crippen molar-refractivity contribution < 1.29 is 4.79 Å². The molecule has 3 fully saturated rings. The van der Waals surface area contributed by atoms with Gasteiger partial charge in [-0.25, -0.2) is 0 Å². The molecule has 3 rings (SSSR count). The lowest BCUT2D eigenvalue weighted by molar-refractivity contribution is -0.136. The van der Waals surface area contributed by atoms with Crippen LogP contribution in [-0.4, -0.2) is 43.0 Å². The number of hydrogen-bond acceptors (Lipinski definition) is 3. The lowest BCUT2D eigenvalue weighted by Gasteiger charge is -2.36. The number of carbonyl (C=O) groups excluding carboxylic acids is 1. The summed E-state index contributed by atoms with van der Waals surface area (Å²) >= 11 is 0. The Morgan fingerprint density at radius 1 is 1.29 bits per heavy atom. The van der Waals surface area contributed by atoms with Gasteiger partial charge in [-0.3, -0.25) is 4.79 Å². The Morgan fingerprint density at radius 3 is 2.65 bits per heavy atom. The van der Waals surface area contributed by atoms with Gasteiger partial charge < -0.3 is 16.0 Å². The van der Waals surface area contributed by atoms with Gasteiger partial charge in [-0.15, -0.1) is 0 Å². The Bertz CT molecular complexity index is 295. The van der Waals surface area contributed by atoms with Crippen molar-refractivity contribution >= 4 is 5.91 Å². The topological polar surface area (TPSA) is 58.4 Å². The average molecular weight is 237 g/mol. The van der Waals surface area contributed by atoms with Gasteiger partial charge >= 0.3 is 0 Å². The zero-order chi connectivity index (χ0) is 11.8. The van der Waals surface area contributed by atoms with Crippen molar-refractivity contribution in [2.75, 3.05) is 26.2 Å². The Balaban J connectivity index is 1.65. The molecule has 2 aliphatic carbocycles. The van der Waals surface area contributed by atoms with Crippen LogP contribution in [0.4, 0.5) is 0 Å². The fraction of sp³-hybridized carbons (Fsp3) is 0.923. The van der Waals surface area contributed by atoms with Crippen molar-refractivity contribution in [3.8, 4) is 0 Å². The molecule has 0 bridgehead atoms. The van der Waals surface area contributed by atoms with Gasteiger partial charge in [0.05, 0.1) is 6.04 Å². The molecule has 0 radical (unpaired) electrons. The molecule has 1 saturated heterocycles. The molecular formula is C13H23N3O. The first-order valence-corrected chi connectivity index (χ1v) is 7.04. The van der Waals surface area contributed by atoms with Crippen LogP contribution in [0.15, 0.2) is 0 Å². The second kappa shape index (κ2) is 4.58. The van der Waals surface area contributed by atoms with Crippen LogP contribution in [0.3, 0.4) is 0 Å². The normalized spacial score (nSPS) is 40.9. The molecule has 0 spiro atoms. The van der Waals surface area contributed by atoms with Gasteiger partial charge in [0.2, 0.25) is 5.91 Å². The van der Waals surface area contributed by atoms with Gasteiger partial charge in [0.25, 0.3) is 0 Å². The van der Waals surface area contributed by atoms with E-state index < -0.39 is 0 Å². The van der Waals surface area contributed by atoms with Crippen molar-refractivity contribution in [1.29, 1.82) is 0 Å². The molecule has 3 unspecified atom stereocenters. The highest BCUT2D eigenvalue weighted by Crippen LogP contribution is 2.56. The molecule has 1 aliphatic heterocycles. The van der Waals surface area contributed by atoms with Crippen molar-refractivity contribution in [3.05, 3.63) is 0 Å². The average Bonchev–Trinajstić information content (AvgIpc) is 3.12. The summed E-state index contributed by atoms with van der Waals surface area (Å²) in [7, 11) is 0. The van der Waals surface area contributed by atoms with Crippen molar-refractivity contribution in [3.63, 3.8) is 0 Å². The van der Waals surface area contributed by atoms with Crippen LogP contribution in [0.2, 0.25) is 0 Å². The smallest absolute Gasteiger partial charge is 0.226 e. The number of nitrogens with two attached hydrogens (primary N) is 1. The van der Waals surface area contributed by atoms with E-state index >= 15 is 0 Å². The quantitative estimate of drug-likeness (QED) is 0.720. The van der Waals surface area contributed by atoms with Gasteiger partial charge in [0, 0.05) is 32.1 Å². The maximum absolute atomic E-state index is 12.5. The number of carbonyl (C=O) groups is 1. The largest absolute Gasteiger partial charge is 0.336 e. The van der Waals surface area contributed by atoms with E-state index in [1.54, 1.807) is 0 Å². The minimum Gasteiger partial charge on any atom is -0.336 e. The number of hydrogen-bond donors (Lipinski definition) is 2. The van der Waals surface area contributed by atoms with Gasteiger partial charge in [0.15, 0.2) is 0 Å². The van der Waals surface area contributed by atoms with Crippen LogP contribution in [0.5, 0.6) is 0 Å². The molecule has 0 aromatic rings. The minimum atomic E-state index is 0.221. The maximum Gasteiger partial charge on any atom is 0.226 e. The van der Waals surface area contributed by atoms with Gasteiger partial charge in [-0.1, -0.05) is 12.8 Å².